The summed E-state index contributed by atoms with van der Waals surface area (Å²) in [5, 5.41) is 0. The van der Waals surface area contributed by atoms with Gasteiger partial charge < -0.3 is 10.6 Å². The zero-order valence-corrected chi connectivity index (χ0v) is 15.4. The van der Waals surface area contributed by atoms with Crippen LogP contribution in [0.1, 0.15) is 30.1 Å². The normalized spacial score (nSPS) is 16.3. The minimum Gasteiger partial charge on any atom is -0.368 e. The van der Waals surface area contributed by atoms with Gasteiger partial charge in [-0.3, -0.25) is 4.79 Å². The average Bonchev–Trinajstić information content (AvgIpc) is 3.19. The van der Waals surface area contributed by atoms with Crippen molar-refractivity contribution in [3.8, 4) is 11.1 Å². The zero-order valence-electron chi connectivity index (χ0n) is 15.4. The second-order valence-corrected chi connectivity index (χ2v) is 6.94. The molecule has 2 heterocycles. The van der Waals surface area contributed by atoms with Gasteiger partial charge in [-0.2, -0.15) is 0 Å². The third kappa shape index (κ3) is 3.71. The molecule has 1 unspecified atom stereocenters. The number of nitrogens with zero attached hydrogens (tertiary/aromatic N) is 3. The molecule has 0 bridgehead atoms. The Morgan fingerprint density at radius 3 is 2.64 bits per heavy atom. The van der Waals surface area contributed by atoms with E-state index in [1.54, 1.807) is 18.3 Å². The third-order valence-corrected chi connectivity index (χ3v) is 5.08. The van der Waals surface area contributed by atoms with Gasteiger partial charge in [0.05, 0.1) is 18.2 Å². The van der Waals surface area contributed by atoms with E-state index in [-0.39, 0.29) is 23.7 Å². The minimum atomic E-state index is -0.304. The number of aromatic nitrogens is 2. The Bertz CT molecular complexity index is 976. The van der Waals surface area contributed by atoms with Gasteiger partial charge in [0, 0.05) is 18.3 Å². The number of nitrogens with two attached hydrogens (primary N) is 1. The predicted octanol–water partition coefficient (Wildman–Crippen LogP) is 3.77. The lowest BCUT2D eigenvalue weighted by atomic mass is 9.99. The van der Waals surface area contributed by atoms with E-state index in [9.17, 15) is 9.18 Å². The molecule has 0 aliphatic carbocycles. The van der Waals surface area contributed by atoms with Crippen molar-refractivity contribution >= 4 is 11.9 Å². The SMILES string of the molecule is Nc1ncc(-c2ccc(F)cc2)c(C2CCCN2C(=O)Cc2ccccc2)n1. The average molecular weight is 376 g/mol. The van der Waals surface area contributed by atoms with Crippen LogP contribution >= 0.6 is 0 Å². The summed E-state index contributed by atoms with van der Waals surface area (Å²) in [5.74, 6) is -0.0682. The van der Waals surface area contributed by atoms with Crippen molar-refractivity contribution in [2.24, 2.45) is 0 Å². The zero-order chi connectivity index (χ0) is 19.5. The maximum atomic E-state index is 13.3. The summed E-state index contributed by atoms with van der Waals surface area (Å²) in [4.78, 5) is 23.4. The van der Waals surface area contributed by atoms with Gasteiger partial charge in [0.25, 0.3) is 0 Å². The van der Waals surface area contributed by atoms with Gasteiger partial charge in [-0.25, -0.2) is 14.4 Å². The summed E-state index contributed by atoms with van der Waals surface area (Å²) in [5.41, 5.74) is 9.14. The number of benzene rings is 2. The highest BCUT2D eigenvalue weighted by atomic mass is 19.1. The van der Waals surface area contributed by atoms with Crippen LogP contribution in [0.2, 0.25) is 0 Å². The highest BCUT2D eigenvalue weighted by Crippen LogP contribution is 2.37. The third-order valence-electron chi connectivity index (χ3n) is 5.08. The maximum Gasteiger partial charge on any atom is 0.227 e. The molecule has 0 spiro atoms. The monoisotopic (exact) mass is 376 g/mol. The van der Waals surface area contributed by atoms with Crippen molar-refractivity contribution in [2.75, 3.05) is 12.3 Å². The van der Waals surface area contributed by atoms with Gasteiger partial charge in [0.2, 0.25) is 11.9 Å². The van der Waals surface area contributed by atoms with E-state index in [0.717, 1.165) is 35.2 Å². The molecular weight excluding hydrogens is 355 g/mol. The van der Waals surface area contributed by atoms with Gasteiger partial charge in [-0.05, 0) is 36.1 Å². The fraction of sp³-hybridized carbons (Fsp3) is 0.227. The smallest absolute Gasteiger partial charge is 0.227 e. The molecule has 142 valence electrons. The van der Waals surface area contributed by atoms with Crippen molar-refractivity contribution in [1.29, 1.82) is 0 Å². The number of carbonyl (C=O) groups is 1. The van der Waals surface area contributed by atoms with Crippen molar-refractivity contribution in [2.45, 2.75) is 25.3 Å². The van der Waals surface area contributed by atoms with Gasteiger partial charge >= 0.3 is 0 Å². The Kier molecular flexibility index (Phi) is 5.02. The lowest BCUT2D eigenvalue weighted by Gasteiger charge is -2.26. The number of likely N-dealkylation sites (tertiary alicyclic amines) is 1. The van der Waals surface area contributed by atoms with E-state index in [4.69, 9.17) is 5.73 Å². The summed E-state index contributed by atoms with van der Waals surface area (Å²) in [6.45, 7) is 0.684. The number of carbonyl (C=O) groups excluding carboxylic acids is 1. The number of anilines is 1. The molecule has 2 N–H and O–H groups in total. The van der Waals surface area contributed by atoms with Crippen LogP contribution in [-0.2, 0) is 11.2 Å². The van der Waals surface area contributed by atoms with Crippen LogP contribution < -0.4 is 5.73 Å². The van der Waals surface area contributed by atoms with Crippen LogP contribution in [0.25, 0.3) is 11.1 Å². The molecule has 3 aromatic rings. The molecule has 1 aliphatic heterocycles. The highest BCUT2D eigenvalue weighted by molar-refractivity contribution is 5.80. The van der Waals surface area contributed by atoms with E-state index in [2.05, 4.69) is 9.97 Å². The number of nitrogen functional groups attached to an aromatic ring is 1. The van der Waals surface area contributed by atoms with Crippen LogP contribution in [0.3, 0.4) is 0 Å². The van der Waals surface area contributed by atoms with Crippen molar-refractivity contribution in [1.82, 2.24) is 14.9 Å². The second-order valence-electron chi connectivity index (χ2n) is 6.94. The Morgan fingerprint density at radius 2 is 1.89 bits per heavy atom. The van der Waals surface area contributed by atoms with E-state index in [0.29, 0.717) is 13.0 Å². The maximum absolute atomic E-state index is 13.3. The first-order valence-corrected chi connectivity index (χ1v) is 9.33. The van der Waals surface area contributed by atoms with Crippen LogP contribution in [0.5, 0.6) is 0 Å². The Labute approximate surface area is 163 Å². The largest absolute Gasteiger partial charge is 0.368 e. The Balaban J connectivity index is 1.66. The van der Waals surface area contributed by atoms with Crippen molar-refractivity contribution in [3.63, 3.8) is 0 Å². The first-order valence-electron chi connectivity index (χ1n) is 9.33. The van der Waals surface area contributed by atoms with Gasteiger partial charge in [-0.1, -0.05) is 42.5 Å². The first-order chi connectivity index (χ1) is 13.6. The molecule has 1 aliphatic rings. The first kappa shape index (κ1) is 18.1. The lowest BCUT2D eigenvalue weighted by Crippen LogP contribution is -2.32. The minimum absolute atomic E-state index is 0.0657. The molecule has 1 amide bonds. The summed E-state index contributed by atoms with van der Waals surface area (Å²) in [6.07, 6.45) is 3.72. The van der Waals surface area contributed by atoms with Crippen LogP contribution in [-0.4, -0.2) is 27.3 Å². The molecule has 5 nitrogen and oxygen atoms in total. The summed E-state index contributed by atoms with van der Waals surface area (Å²) in [6, 6.07) is 15.7. The molecule has 0 radical (unpaired) electrons. The molecular formula is C22H21FN4O. The molecule has 1 fully saturated rings. The topological polar surface area (TPSA) is 72.1 Å². The molecule has 28 heavy (non-hydrogen) atoms. The molecule has 6 heteroatoms. The second kappa shape index (κ2) is 7.76. The molecule has 0 saturated carbocycles. The highest BCUT2D eigenvalue weighted by Gasteiger charge is 2.33. The molecule has 1 atom stereocenters. The fourth-order valence-corrected chi connectivity index (χ4v) is 3.74. The molecule has 2 aromatic carbocycles. The van der Waals surface area contributed by atoms with Gasteiger partial charge in [0.15, 0.2) is 0 Å². The Morgan fingerprint density at radius 1 is 1.14 bits per heavy atom. The van der Waals surface area contributed by atoms with E-state index in [1.165, 1.54) is 12.1 Å². The number of amides is 1. The number of hydrogen-bond donors (Lipinski definition) is 1. The Hall–Kier alpha value is -3.28. The van der Waals surface area contributed by atoms with E-state index >= 15 is 0 Å². The molecule has 4 rings (SSSR count). The number of halogens is 1. The molecule has 1 aromatic heterocycles. The standard InChI is InChI=1S/C22H21FN4O/c23-17-10-8-16(9-11-17)18-14-25-22(24)26-21(18)19-7-4-12-27(19)20(28)13-15-5-2-1-3-6-15/h1-3,5-6,8-11,14,19H,4,7,12-13H2,(H2,24,25,26). The van der Waals surface area contributed by atoms with E-state index in [1.807, 2.05) is 35.2 Å². The van der Waals surface area contributed by atoms with E-state index < -0.39 is 0 Å². The number of hydrogen-bond acceptors (Lipinski definition) is 4. The van der Waals surface area contributed by atoms with Crippen LogP contribution in [0.15, 0.2) is 60.8 Å². The summed E-state index contributed by atoms with van der Waals surface area (Å²) < 4.78 is 13.3. The van der Waals surface area contributed by atoms with Crippen molar-refractivity contribution in [3.05, 3.63) is 77.9 Å². The van der Waals surface area contributed by atoms with Crippen LogP contribution in [0.4, 0.5) is 10.3 Å². The lowest BCUT2D eigenvalue weighted by molar-refractivity contribution is -0.131. The summed E-state index contributed by atoms with van der Waals surface area (Å²) >= 11 is 0. The molecule has 1 saturated heterocycles. The predicted molar refractivity (Wildman–Crippen MR) is 106 cm³/mol. The quantitative estimate of drug-likeness (QED) is 0.752. The number of rotatable bonds is 4. The van der Waals surface area contributed by atoms with Gasteiger partial charge in [-0.15, -0.1) is 0 Å². The fourth-order valence-electron chi connectivity index (χ4n) is 3.74. The van der Waals surface area contributed by atoms with Gasteiger partial charge in [0.1, 0.15) is 5.82 Å². The van der Waals surface area contributed by atoms with Crippen molar-refractivity contribution < 1.29 is 9.18 Å². The van der Waals surface area contributed by atoms with Crippen LogP contribution in [0, 0.1) is 5.82 Å². The summed E-state index contributed by atoms with van der Waals surface area (Å²) in [7, 11) is 0.